The molecule has 0 spiro atoms. The second-order valence-corrected chi connectivity index (χ2v) is 12.4. The predicted octanol–water partition coefficient (Wildman–Crippen LogP) is 6.15. The number of rotatable bonds is 11. The van der Waals surface area contributed by atoms with Crippen LogP contribution in [0, 0.1) is 5.82 Å². The van der Waals surface area contributed by atoms with E-state index in [9.17, 15) is 31.9 Å². The van der Waals surface area contributed by atoms with Crippen molar-refractivity contribution in [2.75, 3.05) is 51.3 Å². The van der Waals surface area contributed by atoms with Crippen molar-refractivity contribution in [1.82, 2.24) is 9.80 Å². The van der Waals surface area contributed by atoms with Gasteiger partial charge in [0.05, 0.1) is 29.2 Å². The summed E-state index contributed by atoms with van der Waals surface area (Å²) in [6.45, 7) is 3.63. The number of carbonyl (C=O) groups is 3. The van der Waals surface area contributed by atoms with Crippen LogP contribution in [0.2, 0.25) is 0 Å². The lowest BCUT2D eigenvalue weighted by Gasteiger charge is -2.26. The summed E-state index contributed by atoms with van der Waals surface area (Å²) in [5.41, 5.74) is -0.0159. The number of morpholine rings is 1. The lowest BCUT2D eigenvalue weighted by Crippen LogP contribution is -2.38. The topological polar surface area (TPSA) is 108 Å². The summed E-state index contributed by atoms with van der Waals surface area (Å²) in [7, 11) is 0. The molecule has 2 aliphatic rings. The van der Waals surface area contributed by atoms with Crippen LogP contribution in [0.15, 0.2) is 65.6 Å². The second kappa shape index (κ2) is 15.3. The Morgan fingerprint density at radius 2 is 1.79 bits per heavy atom. The van der Waals surface area contributed by atoms with E-state index in [0.717, 1.165) is 49.1 Å². The fourth-order valence-electron chi connectivity index (χ4n) is 4.99. The van der Waals surface area contributed by atoms with Crippen LogP contribution in [0.25, 0.3) is 17.2 Å². The number of carbonyl (C=O) groups excluding carboxylic acids is 2. The van der Waals surface area contributed by atoms with Crippen LogP contribution in [-0.2, 0) is 20.5 Å². The molecule has 2 N–H and O–H groups in total. The summed E-state index contributed by atoms with van der Waals surface area (Å²) < 4.78 is 65.9. The maximum Gasteiger partial charge on any atom is 0.416 e. The van der Waals surface area contributed by atoms with Gasteiger partial charge >= 0.3 is 12.1 Å². The van der Waals surface area contributed by atoms with Crippen molar-refractivity contribution >= 4 is 57.8 Å². The molecule has 2 heterocycles. The van der Waals surface area contributed by atoms with Crippen molar-refractivity contribution in [1.29, 1.82) is 0 Å². The van der Waals surface area contributed by atoms with Crippen molar-refractivity contribution in [3.63, 3.8) is 0 Å². The Labute approximate surface area is 282 Å². The Morgan fingerprint density at radius 3 is 2.50 bits per heavy atom. The lowest BCUT2D eigenvalue weighted by molar-refractivity contribution is -0.137. The van der Waals surface area contributed by atoms with Gasteiger partial charge in [0.2, 0.25) is 5.91 Å². The SMILES string of the molecule is O=C(CCN1C(=O)C(=Cc2cc(-c3cccc(C(F)(F)F)c3)ccc2OCCN2CCOCC2)SC1=S)Nc1ccc(C(=O)O)c(F)c1. The monoisotopic (exact) mass is 703 g/mol. The number of amides is 2. The van der Waals surface area contributed by atoms with Gasteiger partial charge in [0, 0.05) is 43.9 Å². The van der Waals surface area contributed by atoms with Gasteiger partial charge in [-0.2, -0.15) is 13.2 Å². The number of thioether (sulfide) groups is 1. The number of carboxylic acids is 1. The summed E-state index contributed by atoms with van der Waals surface area (Å²) in [6.07, 6.45) is -3.15. The number of anilines is 1. The van der Waals surface area contributed by atoms with Gasteiger partial charge in [-0.25, -0.2) is 9.18 Å². The van der Waals surface area contributed by atoms with Gasteiger partial charge in [0.25, 0.3) is 5.91 Å². The minimum atomic E-state index is -4.52. The highest BCUT2D eigenvalue weighted by molar-refractivity contribution is 8.26. The maximum absolute atomic E-state index is 14.0. The number of nitrogens with one attached hydrogen (secondary N) is 1. The number of hydrogen-bond acceptors (Lipinski definition) is 8. The standard InChI is InChI=1S/C33H29F4N3O6S2/c34-26-19-24(5-6-25(26)31(43)44)38-29(41)8-9-40-30(42)28(48-32(40)47)18-22-16-21(20-2-1-3-23(17-20)33(35,36)37)4-7-27(22)46-15-12-39-10-13-45-14-11-39/h1-7,16-19H,8-15H2,(H,38,41)(H,43,44). The molecule has 3 aromatic rings. The number of benzene rings is 3. The largest absolute Gasteiger partial charge is 0.492 e. The number of hydrogen-bond donors (Lipinski definition) is 2. The molecule has 15 heteroatoms. The number of carboxylic acid groups (broad SMARTS) is 1. The van der Waals surface area contributed by atoms with Crippen molar-refractivity contribution < 1.29 is 46.5 Å². The van der Waals surface area contributed by atoms with Gasteiger partial charge in [-0.3, -0.25) is 19.4 Å². The molecule has 0 aliphatic carbocycles. The fourth-order valence-corrected chi connectivity index (χ4v) is 6.29. The van der Waals surface area contributed by atoms with Crippen LogP contribution in [0.1, 0.15) is 27.9 Å². The Morgan fingerprint density at radius 1 is 1.04 bits per heavy atom. The first kappa shape index (κ1) is 35.0. The van der Waals surface area contributed by atoms with E-state index in [4.69, 9.17) is 26.8 Å². The molecule has 2 amide bonds. The maximum atomic E-state index is 14.0. The van der Waals surface area contributed by atoms with Gasteiger partial charge in [-0.1, -0.05) is 42.2 Å². The molecular formula is C33H29F4N3O6S2. The average molecular weight is 704 g/mol. The summed E-state index contributed by atoms with van der Waals surface area (Å²) in [4.78, 5) is 40.6. The van der Waals surface area contributed by atoms with Crippen LogP contribution in [0.3, 0.4) is 0 Å². The second-order valence-electron chi connectivity index (χ2n) is 10.8. The third-order valence-electron chi connectivity index (χ3n) is 7.51. The molecule has 2 fully saturated rings. The van der Waals surface area contributed by atoms with Crippen molar-refractivity contribution in [2.24, 2.45) is 0 Å². The highest BCUT2D eigenvalue weighted by Gasteiger charge is 2.33. The van der Waals surface area contributed by atoms with Crippen LogP contribution < -0.4 is 10.1 Å². The van der Waals surface area contributed by atoms with E-state index in [1.807, 2.05) is 0 Å². The molecule has 0 atom stereocenters. The average Bonchev–Trinajstić information content (AvgIpc) is 3.31. The van der Waals surface area contributed by atoms with Gasteiger partial charge in [0.15, 0.2) is 0 Å². The fraction of sp³-hybridized carbons (Fsp3) is 0.273. The number of halogens is 4. The number of thiocarbonyl (C=S) groups is 1. The van der Waals surface area contributed by atoms with E-state index in [0.29, 0.717) is 48.8 Å². The lowest BCUT2D eigenvalue weighted by atomic mass is 10.00. The molecule has 0 bridgehead atoms. The molecule has 252 valence electrons. The van der Waals surface area contributed by atoms with Crippen molar-refractivity contribution in [3.05, 3.63) is 88.1 Å². The Bertz CT molecular complexity index is 1760. The third-order valence-corrected chi connectivity index (χ3v) is 8.89. The first-order chi connectivity index (χ1) is 22.9. The van der Waals surface area contributed by atoms with Crippen molar-refractivity contribution in [3.8, 4) is 16.9 Å². The summed E-state index contributed by atoms with van der Waals surface area (Å²) >= 11 is 6.42. The Balaban J connectivity index is 1.32. The first-order valence-corrected chi connectivity index (χ1v) is 15.9. The van der Waals surface area contributed by atoms with Gasteiger partial charge in [-0.15, -0.1) is 0 Å². The number of alkyl halides is 3. The Hall–Kier alpha value is -4.31. The number of ether oxygens (including phenoxy) is 2. The van der Waals surface area contributed by atoms with E-state index in [1.54, 1.807) is 30.3 Å². The van der Waals surface area contributed by atoms with E-state index in [-0.39, 0.29) is 27.9 Å². The summed E-state index contributed by atoms with van der Waals surface area (Å²) in [6, 6.07) is 13.1. The zero-order valence-corrected chi connectivity index (χ0v) is 26.9. The van der Waals surface area contributed by atoms with Gasteiger partial charge in [0.1, 0.15) is 22.5 Å². The third kappa shape index (κ3) is 8.78. The highest BCUT2D eigenvalue weighted by Crippen LogP contribution is 2.37. The normalized spacial score (nSPS) is 16.4. The number of aromatic carboxylic acids is 1. The van der Waals surface area contributed by atoms with Gasteiger partial charge < -0.3 is 19.9 Å². The molecule has 0 radical (unpaired) electrons. The smallest absolute Gasteiger partial charge is 0.416 e. The number of nitrogens with zero attached hydrogens (tertiary/aromatic N) is 2. The summed E-state index contributed by atoms with van der Waals surface area (Å²) in [5, 5.41) is 11.4. The van der Waals surface area contributed by atoms with E-state index in [2.05, 4.69) is 10.2 Å². The minimum absolute atomic E-state index is 0.0505. The van der Waals surface area contributed by atoms with Crippen molar-refractivity contribution in [2.45, 2.75) is 12.6 Å². The van der Waals surface area contributed by atoms with Gasteiger partial charge in [-0.05, 0) is 59.7 Å². The molecule has 0 saturated carbocycles. The predicted molar refractivity (Wildman–Crippen MR) is 176 cm³/mol. The van der Waals surface area contributed by atoms with E-state index >= 15 is 0 Å². The molecule has 2 saturated heterocycles. The molecule has 2 aliphatic heterocycles. The molecule has 5 rings (SSSR count). The quantitative estimate of drug-likeness (QED) is 0.138. The minimum Gasteiger partial charge on any atom is -0.492 e. The van der Waals surface area contributed by atoms with E-state index < -0.39 is 40.9 Å². The zero-order valence-electron chi connectivity index (χ0n) is 25.2. The van der Waals surface area contributed by atoms with Crippen LogP contribution in [0.5, 0.6) is 5.75 Å². The summed E-state index contributed by atoms with van der Waals surface area (Å²) in [5.74, 6) is -3.06. The van der Waals surface area contributed by atoms with Crippen LogP contribution in [0.4, 0.5) is 23.2 Å². The molecule has 0 aromatic heterocycles. The van der Waals surface area contributed by atoms with Crippen LogP contribution in [-0.4, -0.2) is 83.0 Å². The highest BCUT2D eigenvalue weighted by atomic mass is 32.2. The van der Waals surface area contributed by atoms with E-state index in [1.165, 1.54) is 17.0 Å². The zero-order chi connectivity index (χ0) is 34.4. The molecular weight excluding hydrogens is 675 g/mol. The molecule has 9 nitrogen and oxygen atoms in total. The van der Waals surface area contributed by atoms with Crippen LogP contribution >= 0.6 is 24.0 Å². The first-order valence-electron chi connectivity index (χ1n) is 14.7. The molecule has 0 unspecified atom stereocenters. The Kier molecular flexibility index (Phi) is 11.1. The molecule has 3 aromatic carbocycles. The molecule has 48 heavy (non-hydrogen) atoms.